The van der Waals surface area contributed by atoms with Gasteiger partial charge in [-0.15, -0.1) is 0 Å². The summed E-state index contributed by atoms with van der Waals surface area (Å²) < 4.78 is 44.0. The Morgan fingerprint density at radius 3 is 2.68 bits per heavy atom. The van der Waals surface area contributed by atoms with E-state index in [0.29, 0.717) is 18.9 Å². The molecule has 1 aliphatic heterocycles. The normalized spacial score (nSPS) is 25.5. The molecule has 118 valence electrons. The number of hydrogen-bond acceptors (Lipinski definition) is 4. The Bertz CT molecular complexity index is 593. The second-order valence-electron chi connectivity index (χ2n) is 5.81. The van der Waals surface area contributed by atoms with Gasteiger partial charge < -0.3 is 10.1 Å². The van der Waals surface area contributed by atoms with Crippen LogP contribution in [0.5, 0.6) is 0 Å². The number of anilines is 1. The maximum atomic E-state index is 12.8. The summed E-state index contributed by atoms with van der Waals surface area (Å²) in [5.41, 5.74) is -0.859. The Hall–Kier alpha value is -1.81. The number of ether oxygens (including phenoxy) is 1. The standard InChI is InChI=1S/C15H16F3N3O/c16-15(17,18)13-4-3-10(8-19)14(21-13)20-11-5-6-22-12(7-11)9-1-2-9/h3-4,9,11-12H,1-2,5-7H2,(H,20,21). The van der Waals surface area contributed by atoms with Gasteiger partial charge in [-0.05, 0) is 43.7 Å². The fraction of sp³-hybridized carbons (Fsp3) is 0.600. The molecule has 1 saturated heterocycles. The van der Waals surface area contributed by atoms with Gasteiger partial charge in [0.2, 0.25) is 0 Å². The van der Waals surface area contributed by atoms with E-state index >= 15 is 0 Å². The predicted octanol–water partition coefficient (Wildman–Crippen LogP) is 3.34. The van der Waals surface area contributed by atoms with Gasteiger partial charge in [-0.3, -0.25) is 0 Å². The van der Waals surface area contributed by atoms with E-state index in [0.717, 1.165) is 31.4 Å². The lowest BCUT2D eigenvalue weighted by Gasteiger charge is -2.30. The van der Waals surface area contributed by atoms with Crippen molar-refractivity contribution in [3.63, 3.8) is 0 Å². The Balaban J connectivity index is 1.76. The van der Waals surface area contributed by atoms with Crippen LogP contribution in [-0.2, 0) is 10.9 Å². The molecule has 0 radical (unpaired) electrons. The van der Waals surface area contributed by atoms with Crippen LogP contribution < -0.4 is 5.32 Å². The molecule has 1 saturated carbocycles. The van der Waals surface area contributed by atoms with Crippen LogP contribution in [0.15, 0.2) is 12.1 Å². The van der Waals surface area contributed by atoms with Crippen molar-refractivity contribution in [1.29, 1.82) is 5.26 Å². The van der Waals surface area contributed by atoms with Gasteiger partial charge in [-0.1, -0.05) is 0 Å². The van der Waals surface area contributed by atoms with Gasteiger partial charge in [-0.2, -0.15) is 18.4 Å². The number of nitrogens with one attached hydrogen (secondary N) is 1. The third-order valence-electron chi connectivity index (χ3n) is 4.11. The lowest BCUT2D eigenvalue weighted by atomic mass is 10.00. The van der Waals surface area contributed by atoms with Crippen LogP contribution in [0.25, 0.3) is 0 Å². The molecule has 1 aromatic heterocycles. The zero-order valence-electron chi connectivity index (χ0n) is 11.9. The highest BCUT2D eigenvalue weighted by atomic mass is 19.4. The second-order valence-corrected chi connectivity index (χ2v) is 5.81. The number of hydrogen-bond donors (Lipinski definition) is 1. The lowest BCUT2D eigenvalue weighted by Crippen LogP contribution is -2.35. The zero-order valence-corrected chi connectivity index (χ0v) is 11.9. The van der Waals surface area contributed by atoms with E-state index < -0.39 is 11.9 Å². The quantitative estimate of drug-likeness (QED) is 0.930. The number of aromatic nitrogens is 1. The number of nitriles is 1. The minimum absolute atomic E-state index is 0.0116. The van der Waals surface area contributed by atoms with Crippen LogP contribution in [-0.4, -0.2) is 23.7 Å². The molecule has 2 heterocycles. The summed E-state index contributed by atoms with van der Waals surface area (Å²) in [6.45, 7) is 0.583. The number of pyridine rings is 1. The fourth-order valence-electron chi connectivity index (χ4n) is 2.77. The van der Waals surface area contributed by atoms with Crippen LogP contribution in [0.3, 0.4) is 0 Å². The molecule has 7 heteroatoms. The summed E-state index contributed by atoms with van der Waals surface area (Å²) in [7, 11) is 0. The smallest absolute Gasteiger partial charge is 0.378 e. The predicted molar refractivity (Wildman–Crippen MR) is 73.1 cm³/mol. The average molecular weight is 311 g/mol. The highest BCUT2D eigenvalue weighted by Gasteiger charge is 2.37. The maximum Gasteiger partial charge on any atom is 0.433 e. The van der Waals surface area contributed by atoms with Crippen molar-refractivity contribution in [3.05, 3.63) is 23.4 Å². The molecule has 0 aromatic carbocycles. The summed E-state index contributed by atoms with van der Waals surface area (Å²) in [6.07, 6.45) is -0.593. The van der Waals surface area contributed by atoms with E-state index in [-0.39, 0.29) is 23.5 Å². The van der Waals surface area contributed by atoms with Crippen molar-refractivity contribution in [3.8, 4) is 6.07 Å². The first-order valence-electron chi connectivity index (χ1n) is 7.34. The van der Waals surface area contributed by atoms with E-state index in [1.54, 1.807) is 0 Å². The largest absolute Gasteiger partial charge is 0.433 e. The monoisotopic (exact) mass is 311 g/mol. The molecule has 22 heavy (non-hydrogen) atoms. The van der Waals surface area contributed by atoms with Crippen LogP contribution in [0.1, 0.15) is 36.9 Å². The van der Waals surface area contributed by atoms with Gasteiger partial charge in [0.25, 0.3) is 0 Å². The lowest BCUT2D eigenvalue weighted by molar-refractivity contribution is -0.141. The first-order chi connectivity index (χ1) is 10.5. The first kappa shape index (κ1) is 15.1. The Labute approximate surface area is 126 Å². The van der Waals surface area contributed by atoms with Crippen LogP contribution in [0.2, 0.25) is 0 Å². The van der Waals surface area contributed by atoms with E-state index in [9.17, 15) is 13.2 Å². The topological polar surface area (TPSA) is 57.9 Å². The highest BCUT2D eigenvalue weighted by molar-refractivity contribution is 5.53. The van der Waals surface area contributed by atoms with E-state index in [1.165, 1.54) is 0 Å². The van der Waals surface area contributed by atoms with Crippen molar-refractivity contribution in [2.75, 3.05) is 11.9 Å². The van der Waals surface area contributed by atoms with E-state index in [4.69, 9.17) is 10.00 Å². The molecule has 3 rings (SSSR count). The maximum absolute atomic E-state index is 12.8. The van der Waals surface area contributed by atoms with Gasteiger partial charge in [0.05, 0.1) is 11.7 Å². The van der Waals surface area contributed by atoms with Crippen molar-refractivity contribution >= 4 is 5.82 Å². The second kappa shape index (κ2) is 5.76. The Kier molecular flexibility index (Phi) is 3.96. The molecule has 0 bridgehead atoms. The van der Waals surface area contributed by atoms with Gasteiger partial charge in [-0.25, -0.2) is 4.98 Å². The van der Waals surface area contributed by atoms with Crippen LogP contribution in [0.4, 0.5) is 19.0 Å². The molecule has 0 spiro atoms. The minimum atomic E-state index is -4.52. The number of rotatable bonds is 3. The highest BCUT2D eigenvalue weighted by Crippen LogP contribution is 2.38. The molecule has 2 aliphatic rings. The third-order valence-corrected chi connectivity index (χ3v) is 4.11. The molecule has 1 aromatic rings. The molecule has 2 atom stereocenters. The Morgan fingerprint density at radius 2 is 2.05 bits per heavy atom. The number of nitrogens with zero attached hydrogens (tertiary/aromatic N) is 2. The molecular weight excluding hydrogens is 295 g/mol. The van der Waals surface area contributed by atoms with Gasteiger partial charge in [0, 0.05) is 12.6 Å². The number of alkyl halides is 3. The van der Waals surface area contributed by atoms with Gasteiger partial charge in [0.1, 0.15) is 17.6 Å². The molecule has 4 nitrogen and oxygen atoms in total. The van der Waals surface area contributed by atoms with Crippen LogP contribution >= 0.6 is 0 Å². The zero-order chi connectivity index (χ0) is 15.7. The minimum Gasteiger partial charge on any atom is -0.378 e. The van der Waals surface area contributed by atoms with Gasteiger partial charge in [0.15, 0.2) is 0 Å². The Morgan fingerprint density at radius 1 is 1.27 bits per heavy atom. The SMILES string of the molecule is N#Cc1ccc(C(F)(F)F)nc1NC1CCOC(C2CC2)C1. The van der Waals surface area contributed by atoms with E-state index in [1.807, 2.05) is 6.07 Å². The van der Waals surface area contributed by atoms with Crippen molar-refractivity contribution < 1.29 is 17.9 Å². The third kappa shape index (κ3) is 3.33. The molecule has 2 fully saturated rings. The van der Waals surface area contributed by atoms with Crippen molar-refractivity contribution in [2.45, 2.75) is 44.0 Å². The molecule has 0 amide bonds. The molecule has 1 N–H and O–H groups in total. The summed E-state index contributed by atoms with van der Waals surface area (Å²) in [5.74, 6) is 0.591. The van der Waals surface area contributed by atoms with Crippen molar-refractivity contribution in [1.82, 2.24) is 4.98 Å². The van der Waals surface area contributed by atoms with E-state index in [2.05, 4.69) is 10.3 Å². The summed E-state index contributed by atoms with van der Waals surface area (Å²) >= 11 is 0. The summed E-state index contributed by atoms with van der Waals surface area (Å²) in [5, 5.41) is 12.1. The number of halogens is 3. The van der Waals surface area contributed by atoms with Crippen LogP contribution in [0, 0.1) is 17.2 Å². The summed E-state index contributed by atoms with van der Waals surface area (Å²) in [4.78, 5) is 3.59. The first-order valence-corrected chi connectivity index (χ1v) is 7.34. The molecule has 2 unspecified atom stereocenters. The molecular formula is C15H16F3N3O. The summed E-state index contributed by atoms with van der Waals surface area (Å²) in [6, 6.07) is 3.87. The fourth-order valence-corrected chi connectivity index (χ4v) is 2.77. The molecule has 1 aliphatic carbocycles. The average Bonchev–Trinajstić information content (AvgIpc) is 3.31. The van der Waals surface area contributed by atoms with Crippen molar-refractivity contribution in [2.24, 2.45) is 5.92 Å². The van der Waals surface area contributed by atoms with Gasteiger partial charge >= 0.3 is 6.18 Å².